The topological polar surface area (TPSA) is 44.9 Å². The maximum absolute atomic E-state index is 12.1. The van der Waals surface area contributed by atoms with Gasteiger partial charge in [-0.3, -0.25) is 4.79 Å². The summed E-state index contributed by atoms with van der Waals surface area (Å²) in [6.45, 7) is 0.672. The Kier molecular flexibility index (Phi) is 4.81. The van der Waals surface area contributed by atoms with Gasteiger partial charge < -0.3 is 10.3 Å². The number of aromatic nitrogens is 1. The number of benzene rings is 2. The van der Waals surface area contributed by atoms with Crippen LogP contribution in [0.25, 0.3) is 10.9 Å². The predicted octanol–water partition coefficient (Wildman–Crippen LogP) is 3.83. The molecule has 0 aliphatic carbocycles. The fourth-order valence-electron chi connectivity index (χ4n) is 2.29. The second-order valence-electron chi connectivity index (χ2n) is 5.06. The number of para-hydroxylation sites is 1. The zero-order valence-corrected chi connectivity index (χ0v) is 13.0. The van der Waals surface area contributed by atoms with Gasteiger partial charge in [-0.15, -0.1) is 0 Å². The van der Waals surface area contributed by atoms with E-state index in [2.05, 4.69) is 22.4 Å². The largest absolute Gasteiger partial charge is 0.351 e. The minimum atomic E-state index is -0.0449. The third-order valence-corrected chi connectivity index (χ3v) is 4.45. The summed E-state index contributed by atoms with van der Waals surface area (Å²) in [5.74, 6) is 1.83. The fourth-order valence-corrected chi connectivity index (χ4v) is 3.11. The summed E-state index contributed by atoms with van der Waals surface area (Å²) >= 11 is 1.82. The van der Waals surface area contributed by atoms with E-state index in [1.54, 1.807) is 0 Å². The van der Waals surface area contributed by atoms with Gasteiger partial charge in [-0.2, -0.15) is 11.8 Å². The minimum Gasteiger partial charge on any atom is -0.351 e. The SMILES string of the molecule is O=C(NCCSCc1ccccc1)c1cc2ccccc2[nH]1. The Bertz CT molecular complexity index is 719. The van der Waals surface area contributed by atoms with Crippen molar-refractivity contribution in [3.63, 3.8) is 0 Å². The van der Waals surface area contributed by atoms with Gasteiger partial charge in [0.2, 0.25) is 0 Å². The van der Waals surface area contributed by atoms with E-state index in [1.807, 2.05) is 60.3 Å². The average Bonchev–Trinajstić information content (AvgIpc) is 2.99. The summed E-state index contributed by atoms with van der Waals surface area (Å²) in [7, 11) is 0. The van der Waals surface area contributed by atoms with Gasteiger partial charge in [0.1, 0.15) is 5.69 Å². The lowest BCUT2D eigenvalue weighted by Gasteiger charge is -2.04. The van der Waals surface area contributed by atoms with E-state index in [0.29, 0.717) is 12.2 Å². The van der Waals surface area contributed by atoms with Crippen molar-refractivity contribution in [2.45, 2.75) is 5.75 Å². The number of carbonyl (C=O) groups excluding carboxylic acids is 1. The molecule has 1 amide bonds. The van der Waals surface area contributed by atoms with Crippen LogP contribution in [0.5, 0.6) is 0 Å². The summed E-state index contributed by atoms with van der Waals surface area (Å²) in [4.78, 5) is 15.2. The van der Waals surface area contributed by atoms with Crippen molar-refractivity contribution >= 4 is 28.6 Å². The first kappa shape index (κ1) is 14.7. The molecule has 0 atom stereocenters. The molecule has 4 heteroatoms. The number of aromatic amines is 1. The van der Waals surface area contributed by atoms with E-state index in [4.69, 9.17) is 0 Å². The molecule has 3 aromatic rings. The maximum atomic E-state index is 12.1. The Morgan fingerprint density at radius 1 is 1.05 bits per heavy atom. The Hall–Kier alpha value is -2.20. The number of nitrogens with one attached hydrogen (secondary N) is 2. The highest BCUT2D eigenvalue weighted by molar-refractivity contribution is 7.98. The van der Waals surface area contributed by atoms with E-state index >= 15 is 0 Å². The molecule has 0 saturated carbocycles. The molecular weight excluding hydrogens is 292 g/mol. The quantitative estimate of drug-likeness (QED) is 0.680. The van der Waals surface area contributed by atoms with Crippen LogP contribution in [-0.4, -0.2) is 23.2 Å². The van der Waals surface area contributed by atoms with Crippen molar-refractivity contribution in [2.75, 3.05) is 12.3 Å². The Balaban J connectivity index is 1.44. The number of H-pyrrole nitrogens is 1. The molecule has 2 aromatic carbocycles. The second kappa shape index (κ2) is 7.18. The number of hydrogen-bond acceptors (Lipinski definition) is 2. The lowest BCUT2D eigenvalue weighted by Crippen LogP contribution is -2.26. The van der Waals surface area contributed by atoms with Crippen molar-refractivity contribution in [3.05, 3.63) is 71.9 Å². The summed E-state index contributed by atoms with van der Waals surface area (Å²) in [6, 6.07) is 20.2. The lowest BCUT2D eigenvalue weighted by atomic mass is 10.2. The number of rotatable bonds is 6. The van der Waals surface area contributed by atoms with E-state index in [0.717, 1.165) is 22.4 Å². The van der Waals surface area contributed by atoms with Gasteiger partial charge in [-0.25, -0.2) is 0 Å². The molecule has 0 unspecified atom stereocenters. The third-order valence-electron chi connectivity index (χ3n) is 3.42. The molecule has 1 aromatic heterocycles. The van der Waals surface area contributed by atoms with Crippen LogP contribution in [0.2, 0.25) is 0 Å². The van der Waals surface area contributed by atoms with E-state index in [-0.39, 0.29) is 5.91 Å². The molecule has 2 N–H and O–H groups in total. The molecule has 0 bridgehead atoms. The van der Waals surface area contributed by atoms with Gasteiger partial charge >= 0.3 is 0 Å². The van der Waals surface area contributed by atoms with Gasteiger partial charge in [0.25, 0.3) is 5.91 Å². The normalized spacial score (nSPS) is 10.7. The van der Waals surface area contributed by atoms with Crippen LogP contribution >= 0.6 is 11.8 Å². The summed E-state index contributed by atoms with van der Waals surface area (Å²) in [5.41, 5.74) is 2.93. The lowest BCUT2D eigenvalue weighted by molar-refractivity contribution is 0.0952. The first-order chi connectivity index (χ1) is 10.8. The smallest absolute Gasteiger partial charge is 0.267 e. The van der Waals surface area contributed by atoms with Crippen LogP contribution in [0.1, 0.15) is 16.1 Å². The molecule has 0 fully saturated rings. The van der Waals surface area contributed by atoms with Crippen LogP contribution in [0, 0.1) is 0 Å². The molecular formula is C18H18N2OS. The van der Waals surface area contributed by atoms with E-state index in [1.165, 1.54) is 5.56 Å². The molecule has 22 heavy (non-hydrogen) atoms. The summed E-state index contributed by atoms with van der Waals surface area (Å²) in [6.07, 6.45) is 0. The molecule has 0 aliphatic rings. The minimum absolute atomic E-state index is 0.0449. The first-order valence-corrected chi connectivity index (χ1v) is 8.46. The van der Waals surface area contributed by atoms with Crippen molar-refractivity contribution in [1.29, 1.82) is 0 Å². The number of fused-ring (bicyclic) bond motifs is 1. The maximum Gasteiger partial charge on any atom is 0.267 e. The van der Waals surface area contributed by atoms with E-state index < -0.39 is 0 Å². The highest BCUT2D eigenvalue weighted by Crippen LogP contribution is 2.14. The van der Waals surface area contributed by atoms with Crippen LogP contribution in [-0.2, 0) is 5.75 Å². The molecule has 1 heterocycles. The Morgan fingerprint density at radius 2 is 1.82 bits per heavy atom. The molecule has 3 nitrogen and oxygen atoms in total. The fraction of sp³-hybridized carbons (Fsp3) is 0.167. The van der Waals surface area contributed by atoms with Crippen LogP contribution in [0.3, 0.4) is 0 Å². The van der Waals surface area contributed by atoms with Crippen molar-refractivity contribution in [1.82, 2.24) is 10.3 Å². The number of amides is 1. The van der Waals surface area contributed by atoms with Gasteiger partial charge in [0.15, 0.2) is 0 Å². The highest BCUT2D eigenvalue weighted by atomic mass is 32.2. The molecule has 3 rings (SSSR count). The van der Waals surface area contributed by atoms with Crippen LogP contribution in [0.4, 0.5) is 0 Å². The third kappa shape index (κ3) is 3.71. The standard InChI is InChI=1S/C18H18N2OS/c21-18(17-12-15-8-4-5-9-16(15)20-17)19-10-11-22-13-14-6-2-1-3-7-14/h1-9,12,20H,10-11,13H2,(H,19,21). The number of hydrogen-bond donors (Lipinski definition) is 2. The van der Waals surface area contributed by atoms with E-state index in [9.17, 15) is 4.79 Å². The van der Waals surface area contributed by atoms with Gasteiger partial charge in [0, 0.05) is 29.0 Å². The molecule has 0 radical (unpaired) electrons. The zero-order valence-electron chi connectivity index (χ0n) is 12.2. The Morgan fingerprint density at radius 3 is 2.64 bits per heavy atom. The van der Waals surface area contributed by atoms with Crippen molar-refractivity contribution in [2.24, 2.45) is 0 Å². The average molecular weight is 310 g/mol. The second-order valence-corrected chi connectivity index (χ2v) is 6.17. The monoisotopic (exact) mass is 310 g/mol. The number of carbonyl (C=O) groups is 1. The first-order valence-electron chi connectivity index (χ1n) is 7.30. The zero-order chi connectivity index (χ0) is 15.2. The predicted molar refractivity (Wildman–Crippen MR) is 93.2 cm³/mol. The Labute approximate surface area is 134 Å². The van der Waals surface area contributed by atoms with Crippen molar-refractivity contribution in [3.8, 4) is 0 Å². The molecule has 0 spiro atoms. The molecule has 0 aliphatic heterocycles. The van der Waals surface area contributed by atoms with Gasteiger partial charge in [0.05, 0.1) is 0 Å². The summed E-state index contributed by atoms with van der Waals surface area (Å²) < 4.78 is 0. The number of thioether (sulfide) groups is 1. The van der Waals surface area contributed by atoms with Gasteiger partial charge in [-0.05, 0) is 17.7 Å². The van der Waals surface area contributed by atoms with Crippen LogP contribution in [0.15, 0.2) is 60.7 Å². The van der Waals surface area contributed by atoms with Gasteiger partial charge in [-0.1, -0.05) is 48.5 Å². The van der Waals surface area contributed by atoms with Crippen molar-refractivity contribution < 1.29 is 4.79 Å². The molecule has 0 saturated heterocycles. The highest BCUT2D eigenvalue weighted by Gasteiger charge is 2.08. The summed E-state index contributed by atoms with van der Waals surface area (Å²) in [5, 5.41) is 4.02. The van der Waals surface area contributed by atoms with Crippen LogP contribution < -0.4 is 5.32 Å². The molecule has 112 valence electrons.